The number of aromatic nitrogens is 1. The number of nitrogens with zero attached hydrogens (tertiary/aromatic N) is 2. The molecule has 2 rings (SSSR count). The summed E-state index contributed by atoms with van der Waals surface area (Å²) in [7, 11) is 0. The summed E-state index contributed by atoms with van der Waals surface area (Å²) in [6.45, 7) is 1.85. The molecule has 0 aliphatic rings. The smallest absolute Gasteiger partial charge is 0.325 e. The zero-order chi connectivity index (χ0) is 17.9. The zero-order valence-electron chi connectivity index (χ0n) is 12.9. The van der Waals surface area contributed by atoms with E-state index in [0.717, 1.165) is 3.57 Å². The third kappa shape index (κ3) is 2.94. The number of pyridine rings is 1. The number of hydrogen-bond acceptors (Lipinski definition) is 4. The molecule has 0 saturated heterocycles. The third-order valence-electron chi connectivity index (χ3n) is 4.01. The maximum Gasteiger partial charge on any atom is 0.325 e. The fourth-order valence-corrected chi connectivity index (χ4v) is 3.29. The van der Waals surface area contributed by atoms with Gasteiger partial charge in [0.05, 0.1) is 11.1 Å². The van der Waals surface area contributed by atoms with Crippen LogP contribution in [0.25, 0.3) is 10.9 Å². The average molecular weight is 438 g/mol. The Morgan fingerprint density at radius 2 is 2.00 bits per heavy atom. The Morgan fingerprint density at radius 3 is 2.54 bits per heavy atom. The highest BCUT2D eigenvalue weighted by Crippen LogP contribution is 2.38. The molecule has 0 unspecified atom stereocenters. The molecule has 0 aliphatic carbocycles. The van der Waals surface area contributed by atoms with Gasteiger partial charge in [0, 0.05) is 20.7 Å². The van der Waals surface area contributed by atoms with E-state index in [1.807, 2.05) is 13.0 Å². The van der Waals surface area contributed by atoms with Crippen molar-refractivity contribution in [2.45, 2.75) is 31.6 Å². The van der Waals surface area contributed by atoms with Crippen LogP contribution in [0.3, 0.4) is 0 Å². The van der Waals surface area contributed by atoms with Crippen LogP contribution in [0.4, 0.5) is 0 Å². The largest absolute Gasteiger partial charge is 0.480 e. The SMILES string of the molecule is CCCCC(C(=O)O)(C(=O)O)c1c(C#N)cnc2ccc(I)cc12. The van der Waals surface area contributed by atoms with Gasteiger partial charge in [0.15, 0.2) is 5.41 Å². The first-order chi connectivity index (χ1) is 11.4. The van der Waals surface area contributed by atoms with Crippen molar-refractivity contribution in [2.75, 3.05) is 0 Å². The van der Waals surface area contributed by atoms with Crippen LogP contribution >= 0.6 is 22.6 Å². The molecule has 0 saturated carbocycles. The Hall–Kier alpha value is -2.21. The highest BCUT2D eigenvalue weighted by atomic mass is 127. The first-order valence-corrected chi connectivity index (χ1v) is 8.42. The van der Waals surface area contributed by atoms with Crippen LogP contribution in [0.2, 0.25) is 0 Å². The molecule has 0 aliphatic heterocycles. The second-order valence-corrected chi connectivity index (χ2v) is 6.68. The maximum atomic E-state index is 12.1. The number of benzene rings is 1. The minimum Gasteiger partial charge on any atom is -0.480 e. The number of fused-ring (bicyclic) bond motifs is 1. The molecule has 1 aromatic heterocycles. The minimum atomic E-state index is -2.17. The molecule has 0 amide bonds. The molecule has 1 heterocycles. The lowest BCUT2D eigenvalue weighted by molar-refractivity contribution is -0.158. The summed E-state index contributed by atoms with van der Waals surface area (Å²) in [5, 5.41) is 29.4. The normalized spacial score (nSPS) is 11.2. The monoisotopic (exact) mass is 438 g/mol. The van der Waals surface area contributed by atoms with Crippen molar-refractivity contribution < 1.29 is 19.8 Å². The van der Waals surface area contributed by atoms with E-state index in [1.54, 1.807) is 18.2 Å². The molecule has 2 aromatic rings. The van der Waals surface area contributed by atoms with Crippen LogP contribution in [0.5, 0.6) is 0 Å². The fourth-order valence-electron chi connectivity index (χ4n) is 2.80. The molecular formula is C17H15IN2O4. The quantitative estimate of drug-likeness (QED) is 0.529. The predicted molar refractivity (Wildman–Crippen MR) is 95.6 cm³/mol. The summed E-state index contributed by atoms with van der Waals surface area (Å²) in [5.74, 6) is -2.93. The Kier molecular flexibility index (Phi) is 5.39. The Labute approximate surface area is 152 Å². The van der Waals surface area contributed by atoms with Gasteiger partial charge in [-0.05, 0) is 47.2 Å². The lowest BCUT2D eigenvalue weighted by Crippen LogP contribution is -2.44. The number of halogens is 1. The van der Waals surface area contributed by atoms with Gasteiger partial charge in [0.25, 0.3) is 0 Å². The summed E-state index contributed by atoms with van der Waals surface area (Å²) in [4.78, 5) is 28.3. The molecule has 6 nitrogen and oxygen atoms in total. The lowest BCUT2D eigenvalue weighted by atomic mass is 9.73. The number of carboxylic acid groups (broad SMARTS) is 2. The van der Waals surface area contributed by atoms with Crippen LogP contribution in [0.15, 0.2) is 24.4 Å². The van der Waals surface area contributed by atoms with Crippen LogP contribution < -0.4 is 0 Å². The van der Waals surface area contributed by atoms with E-state index < -0.39 is 17.4 Å². The van der Waals surface area contributed by atoms with E-state index in [1.165, 1.54) is 6.20 Å². The summed E-state index contributed by atoms with van der Waals surface area (Å²) >= 11 is 2.05. The van der Waals surface area contributed by atoms with Crippen molar-refractivity contribution in [1.82, 2.24) is 4.98 Å². The number of nitriles is 1. The van der Waals surface area contributed by atoms with Gasteiger partial charge in [-0.1, -0.05) is 19.8 Å². The molecule has 0 fully saturated rings. The fraction of sp³-hybridized carbons (Fsp3) is 0.294. The van der Waals surface area contributed by atoms with E-state index in [4.69, 9.17) is 0 Å². The highest BCUT2D eigenvalue weighted by Gasteiger charge is 2.50. The van der Waals surface area contributed by atoms with Crippen LogP contribution in [-0.2, 0) is 15.0 Å². The average Bonchev–Trinajstić information content (AvgIpc) is 2.54. The van der Waals surface area contributed by atoms with Crippen molar-refractivity contribution >= 4 is 45.4 Å². The molecule has 1 aromatic carbocycles. The van der Waals surface area contributed by atoms with E-state index in [2.05, 4.69) is 27.6 Å². The maximum absolute atomic E-state index is 12.1. The Bertz CT molecular complexity index is 844. The topological polar surface area (TPSA) is 111 Å². The molecule has 0 bridgehead atoms. The van der Waals surface area contributed by atoms with Gasteiger partial charge in [-0.25, -0.2) is 0 Å². The second-order valence-electron chi connectivity index (χ2n) is 5.44. The molecule has 24 heavy (non-hydrogen) atoms. The van der Waals surface area contributed by atoms with Crippen LogP contribution in [0.1, 0.15) is 37.3 Å². The van der Waals surface area contributed by atoms with E-state index in [9.17, 15) is 25.1 Å². The Morgan fingerprint density at radius 1 is 1.33 bits per heavy atom. The van der Waals surface area contributed by atoms with Crippen LogP contribution in [-0.4, -0.2) is 27.1 Å². The lowest BCUT2D eigenvalue weighted by Gasteiger charge is -2.27. The van der Waals surface area contributed by atoms with Crippen molar-refractivity contribution in [3.8, 4) is 6.07 Å². The number of hydrogen-bond donors (Lipinski definition) is 2. The van der Waals surface area contributed by atoms with Gasteiger partial charge in [0.1, 0.15) is 6.07 Å². The van der Waals surface area contributed by atoms with Crippen LogP contribution in [0, 0.1) is 14.9 Å². The highest BCUT2D eigenvalue weighted by molar-refractivity contribution is 14.1. The zero-order valence-corrected chi connectivity index (χ0v) is 15.1. The summed E-state index contributed by atoms with van der Waals surface area (Å²) in [5.41, 5.74) is -1.72. The van der Waals surface area contributed by atoms with Gasteiger partial charge in [-0.3, -0.25) is 14.6 Å². The van der Waals surface area contributed by atoms with Gasteiger partial charge >= 0.3 is 11.9 Å². The Balaban J connectivity index is 2.96. The summed E-state index contributed by atoms with van der Waals surface area (Å²) in [6, 6.07) is 7.06. The standard InChI is InChI=1S/C17H15IN2O4/c1-2-3-6-17(15(21)22,16(23)24)14-10(8-19)9-20-13-5-4-11(18)7-12(13)14/h4-5,7,9H,2-3,6H2,1H3,(H,21,22)(H,23,24). The van der Waals surface area contributed by atoms with Crippen molar-refractivity contribution in [2.24, 2.45) is 0 Å². The van der Waals surface area contributed by atoms with E-state index >= 15 is 0 Å². The first kappa shape index (κ1) is 18.1. The molecule has 7 heteroatoms. The number of carbonyl (C=O) groups is 2. The summed E-state index contributed by atoms with van der Waals surface area (Å²) < 4.78 is 0.804. The number of rotatable bonds is 6. The number of carboxylic acids is 2. The third-order valence-corrected chi connectivity index (χ3v) is 4.68. The second kappa shape index (κ2) is 7.13. The first-order valence-electron chi connectivity index (χ1n) is 7.34. The van der Waals surface area contributed by atoms with Gasteiger partial charge in [-0.2, -0.15) is 5.26 Å². The predicted octanol–water partition coefficient (Wildman–Crippen LogP) is 3.31. The van der Waals surface area contributed by atoms with Gasteiger partial charge in [0.2, 0.25) is 0 Å². The van der Waals surface area contributed by atoms with Gasteiger partial charge in [-0.15, -0.1) is 0 Å². The van der Waals surface area contributed by atoms with Crippen molar-refractivity contribution in [3.63, 3.8) is 0 Å². The molecule has 0 atom stereocenters. The van der Waals surface area contributed by atoms with E-state index in [-0.39, 0.29) is 17.5 Å². The molecule has 2 N–H and O–H groups in total. The molecular weight excluding hydrogens is 423 g/mol. The van der Waals surface area contributed by atoms with E-state index in [0.29, 0.717) is 23.7 Å². The van der Waals surface area contributed by atoms with Crippen molar-refractivity contribution in [3.05, 3.63) is 39.1 Å². The van der Waals surface area contributed by atoms with Gasteiger partial charge < -0.3 is 10.2 Å². The molecule has 0 radical (unpaired) electrons. The molecule has 0 spiro atoms. The summed E-state index contributed by atoms with van der Waals surface area (Å²) in [6.07, 6.45) is 2.21. The van der Waals surface area contributed by atoms with Crippen molar-refractivity contribution in [1.29, 1.82) is 5.26 Å². The number of aliphatic carboxylic acids is 2. The molecule has 124 valence electrons. The minimum absolute atomic E-state index is 0.0157. The number of unbranched alkanes of at least 4 members (excludes halogenated alkanes) is 1.